The van der Waals surface area contributed by atoms with Crippen molar-refractivity contribution >= 4 is 0 Å². The first kappa shape index (κ1) is 14.1. The Morgan fingerprint density at radius 2 is 2.00 bits per heavy atom. The fourth-order valence-electron chi connectivity index (χ4n) is 1.62. The Labute approximate surface area is 104 Å². The molecule has 0 unspecified atom stereocenters. The van der Waals surface area contributed by atoms with Crippen molar-refractivity contribution in [2.24, 2.45) is 5.73 Å². The molecular formula is C14H23FN2. The average Bonchev–Trinajstić information content (AvgIpc) is 2.30. The molecule has 0 saturated heterocycles. The summed E-state index contributed by atoms with van der Waals surface area (Å²) in [5, 5.41) is 0. The number of halogens is 1. The smallest absolute Gasteiger partial charge is 0.126 e. The standard InChI is InChI=1S/C14H23FN2/c1-11-9-12(5-6-13(11)15)7-8-17(4)14(2,3)10-16/h5-6,9H,7-8,10,16H2,1-4H3. The van der Waals surface area contributed by atoms with Crippen molar-refractivity contribution in [3.63, 3.8) is 0 Å². The second-order valence-electron chi connectivity index (χ2n) is 5.27. The summed E-state index contributed by atoms with van der Waals surface area (Å²) in [5.74, 6) is -0.135. The Kier molecular flexibility index (Phi) is 4.66. The monoisotopic (exact) mass is 238 g/mol. The summed E-state index contributed by atoms with van der Waals surface area (Å²) in [5.41, 5.74) is 7.62. The van der Waals surface area contributed by atoms with E-state index in [-0.39, 0.29) is 11.4 Å². The Bertz CT molecular complexity index is 374. The zero-order valence-corrected chi connectivity index (χ0v) is 11.3. The normalized spacial score (nSPS) is 12.2. The molecule has 1 aromatic carbocycles. The van der Waals surface area contributed by atoms with Gasteiger partial charge in [-0.15, -0.1) is 0 Å². The lowest BCUT2D eigenvalue weighted by Crippen LogP contribution is -2.47. The van der Waals surface area contributed by atoms with Gasteiger partial charge in [0.15, 0.2) is 0 Å². The summed E-state index contributed by atoms with van der Waals surface area (Å²) in [6, 6.07) is 5.31. The number of nitrogens with two attached hydrogens (primary N) is 1. The van der Waals surface area contributed by atoms with Gasteiger partial charge in [-0.05, 0) is 51.4 Å². The molecule has 2 nitrogen and oxygen atoms in total. The molecule has 0 spiro atoms. The lowest BCUT2D eigenvalue weighted by molar-refractivity contribution is 0.166. The van der Waals surface area contributed by atoms with E-state index >= 15 is 0 Å². The molecule has 0 fully saturated rings. The lowest BCUT2D eigenvalue weighted by Gasteiger charge is -2.34. The van der Waals surface area contributed by atoms with Crippen molar-refractivity contribution in [2.75, 3.05) is 20.1 Å². The topological polar surface area (TPSA) is 29.3 Å². The molecule has 0 bridgehead atoms. The van der Waals surface area contributed by atoms with Crippen LogP contribution in [0.25, 0.3) is 0 Å². The maximum atomic E-state index is 13.1. The minimum atomic E-state index is -0.135. The van der Waals surface area contributed by atoms with Gasteiger partial charge in [0, 0.05) is 18.6 Å². The Morgan fingerprint density at radius 3 is 2.53 bits per heavy atom. The summed E-state index contributed by atoms with van der Waals surface area (Å²) in [7, 11) is 2.07. The van der Waals surface area contributed by atoms with Crippen LogP contribution in [0, 0.1) is 12.7 Å². The van der Waals surface area contributed by atoms with Crippen molar-refractivity contribution < 1.29 is 4.39 Å². The highest BCUT2D eigenvalue weighted by molar-refractivity contribution is 5.24. The van der Waals surface area contributed by atoms with E-state index in [1.54, 1.807) is 13.0 Å². The molecule has 0 atom stereocenters. The van der Waals surface area contributed by atoms with E-state index in [0.717, 1.165) is 13.0 Å². The van der Waals surface area contributed by atoms with Gasteiger partial charge in [0.25, 0.3) is 0 Å². The number of aryl methyl sites for hydroxylation is 1. The first-order valence-corrected chi connectivity index (χ1v) is 6.03. The fourth-order valence-corrected chi connectivity index (χ4v) is 1.62. The molecule has 2 N–H and O–H groups in total. The predicted octanol–water partition coefficient (Wildman–Crippen LogP) is 2.35. The largest absolute Gasteiger partial charge is 0.329 e. The van der Waals surface area contributed by atoms with Crippen molar-refractivity contribution in [1.29, 1.82) is 0 Å². The molecule has 0 amide bonds. The fraction of sp³-hybridized carbons (Fsp3) is 0.571. The summed E-state index contributed by atoms with van der Waals surface area (Å²) in [6.45, 7) is 7.61. The highest BCUT2D eigenvalue weighted by atomic mass is 19.1. The summed E-state index contributed by atoms with van der Waals surface area (Å²) >= 11 is 0. The number of hydrogen-bond donors (Lipinski definition) is 1. The van der Waals surface area contributed by atoms with Gasteiger partial charge >= 0.3 is 0 Å². The lowest BCUT2D eigenvalue weighted by atomic mass is 10.0. The zero-order chi connectivity index (χ0) is 13.1. The second kappa shape index (κ2) is 5.61. The second-order valence-corrected chi connectivity index (χ2v) is 5.27. The van der Waals surface area contributed by atoms with Crippen molar-refractivity contribution in [3.05, 3.63) is 35.1 Å². The van der Waals surface area contributed by atoms with E-state index in [4.69, 9.17) is 5.73 Å². The van der Waals surface area contributed by atoms with Crippen LogP contribution in [0.3, 0.4) is 0 Å². The van der Waals surface area contributed by atoms with Gasteiger partial charge in [0.1, 0.15) is 5.82 Å². The van der Waals surface area contributed by atoms with Crippen LogP contribution in [-0.4, -0.2) is 30.6 Å². The Morgan fingerprint density at radius 1 is 1.35 bits per heavy atom. The molecule has 0 saturated carbocycles. The number of hydrogen-bond acceptors (Lipinski definition) is 2. The van der Waals surface area contributed by atoms with Crippen LogP contribution in [0.5, 0.6) is 0 Å². The third-order valence-corrected chi connectivity index (χ3v) is 3.49. The van der Waals surface area contributed by atoms with Crippen LogP contribution >= 0.6 is 0 Å². The number of rotatable bonds is 5. The minimum Gasteiger partial charge on any atom is -0.329 e. The Hall–Kier alpha value is -0.930. The van der Waals surface area contributed by atoms with Crippen LogP contribution in [0.4, 0.5) is 4.39 Å². The maximum absolute atomic E-state index is 13.1. The Balaban J connectivity index is 2.59. The third-order valence-electron chi connectivity index (χ3n) is 3.49. The van der Waals surface area contributed by atoms with Crippen molar-refractivity contribution in [1.82, 2.24) is 4.90 Å². The molecular weight excluding hydrogens is 215 g/mol. The SMILES string of the molecule is Cc1cc(CCN(C)C(C)(C)CN)ccc1F. The molecule has 0 aliphatic carbocycles. The summed E-state index contributed by atoms with van der Waals surface area (Å²) < 4.78 is 13.1. The first-order valence-electron chi connectivity index (χ1n) is 6.03. The number of nitrogens with zero attached hydrogens (tertiary/aromatic N) is 1. The first-order chi connectivity index (χ1) is 7.86. The van der Waals surface area contributed by atoms with Crippen LogP contribution in [-0.2, 0) is 6.42 Å². The highest BCUT2D eigenvalue weighted by Crippen LogP contribution is 2.13. The molecule has 0 aliphatic heterocycles. The molecule has 0 radical (unpaired) electrons. The van der Waals surface area contributed by atoms with Crippen LogP contribution < -0.4 is 5.73 Å². The van der Waals surface area contributed by atoms with Gasteiger partial charge in [-0.25, -0.2) is 4.39 Å². The molecule has 17 heavy (non-hydrogen) atoms. The van der Waals surface area contributed by atoms with Gasteiger partial charge in [-0.2, -0.15) is 0 Å². The molecule has 0 aliphatic rings. The van der Waals surface area contributed by atoms with Gasteiger partial charge in [-0.3, -0.25) is 4.90 Å². The van der Waals surface area contributed by atoms with Crippen molar-refractivity contribution in [3.8, 4) is 0 Å². The van der Waals surface area contributed by atoms with E-state index in [9.17, 15) is 4.39 Å². The summed E-state index contributed by atoms with van der Waals surface area (Å²) in [6.07, 6.45) is 0.918. The number of benzene rings is 1. The van der Waals surface area contributed by atoms with Gasteiger partial charge in [0.2, 0.25) is 0 Å². The zero-order valence-electron chi connectivity index (χ0n) is 11.3. The van der Waals surface area contributed by atoms with E-state index in [1.807, 2.05) is 12.1 Å². The van der Waals surface area contributed by atoms with Gasteiger partial charge in [-0.1, -0.05) is 12.1 Å². The molecule has 3 heteroatoms. The van der Waals surface area contributed by atoms with E-state index in [0.29, 0.717) is 12.1 Å². The van der Waals surface area contributed by atoms with Gasteiger partial charge < -0.3 is 5.73 Å². The highest BCUT2D eigenvalue weighted by Gasteiger charge is 2.20. The van der Waals surface area contributed by atoms with E-state index in [2.05, 4.69) is 25.8 Å². The van der Waals surface area contributed by atoms with Crippen molar-refractivity contribution in [2.45, 2.75) is 32.7 Å². The average molecular weight is 238 g/mol. The molecule has 0 aromatic heterocycles. The van der Waals surface area contributed by atoms with Crippen LogP contribution in [0.2, 0.25) is 0 Å². The third kappa shape index (κ3) is 3.79. The molecule has 1 rings (SSSR count). The molecule has 96 valence electrons. The summed E-state index contributed by atoms with van der Waals surface area (Å²) in [4.78, 5) is 2.24. The van der Waals surface area contributed by atoms with Crippen LogP contribution in [0.1, 0.15) is 25.0 Å². The van der Waals surface area contributed by atoms with E-state index in [1.165, 1.54) is 5.56 Å². The minimum absolute atomic E-state index is 0.00900. The quantitative estimate of drug-likeness (QED) is 0.853. The maximum Gasteiger partial charge on any atom is 0.126 e. The van der Waals surface area contributed by atoms with Crippen LogP contribution in [0.15, 0.2) is 18.2 Å². The van der Waals surface area contributed by atoms with E-state index < -0.39 is 0 Å². The number of likely N-dealkylation sites (N-methyl/N-ethyl adjacent to an activating group) is 1. The molecule has 0 heterocycles. The molecule has 1 aromatic rings. The van der Waals surface area contributed by atoms with Gasteiger partial charge in [0.05, 0.1) is 0 Å². The predicted molar refractivity (Wildman–Crippen MR) is 70.6 cm³/mol.